The van der Waals surface area contributed by atoms with Crippen LogP contribution < -0.4 is 24.3 Å². The predicted octanol–water partition coefficient (Wildman–Crippen LogP) is 6.26. The van der Waals surface area contributed by atoms with Gasteiger partial charge in [-0.2, -0.15) is 4.73 Å². The number of piperidine rings is 3. The first-order valence-electron chi connectivity index (χ1n) is 17.0. The van der Waals surface area contributed by atoms with E-state index in [4.69, 9.17) is 46.9 Å². The van der Waals surface area contributed by atoms with Gasteiger partial charge in [-0.3, -0.25) is 10.2 Å². The van der Waals surface area contributed by atoms with Gasteiger partial charge in [0.05, 0.1) is 26.9 Å². The number of aromatic nitrogens is 1. The fraction of sp³-hybridized carbons (Fsp3) is 0.359. The molecule has 2 unspecified atom stereocenters. The quantitative estimate of drug-likeness (QED) is 0.0898. The van der Waals surface area contributed by atoms with Crippen LogP contribution in [0.2, 0.25) is 10.0 Å². The van der Waals surface area contributed by atoms with E-state index in [0.717, 1.165) is 38.0 Å². The molecule has 0 saturated carbocycles. The second-order valence-corrected chi connectivity index (χ2v) is 13.7. The third-order valence-corrected chi connectivity index (χ3v) is 10.3. The zero-order valence-electron chi connectivity index (χ0n) is 29.2. The van der Waals surface area contributed by atoms with Crippen molar-refractivity contribution < 1.29 is 38.0 Å². The van der Waals surface area contributed by atoms with E-state index in [-0.39, 0.29) is 40.6 Å². The molecule has 1 aromatic heterocycles. The molecular formula is C39H41Cl2N3O8. The molecule has 3 fully saturated rings. The number of rotatable bonds is 14. The normalized spacial score (nSPS) is 19.0. The van der Waals surface area contributed by atoms with Gasteiger partial charge in [0.1, 0.15) is 34.0 Å². The van der Waals surface area contributed by atoms with E-state index in [1.807, 2.05) is 30.3 Å². The van der Waals surface area contributed by atoms with Gasteiger partial charge >= 0.3 is 11.9 Å². The third-order valence-electron chi connectivity index (χ3n) is 9.70. The molecule has 52 heavy (non-hydrogen) atoms. The first kappa shape index (κ1) is 37.2. The van der Waals surface area contributed by atoms with Crippen molar-refractivity contribution in [3.05, 3.63) is 122 Å². The lowest BCUT2D eigenvalue weighted by molar-refractivity contribution is -0.605. The highest BCUT2D eigenvalue weighted by molar-refractivity contribution is 6.35. The molecule has 0 spiro atoms. The number of nitrogens with zero attached hydrogens (tertiary/aromatic N) is 2. The topological polar surface area (TPSA) is 122 Å². The summed E-state index contributed by atoms with van der Waals surface area (Å²) in [5.41, 5.74) is 2.72. The zero-order valence-corrected chi connectivity index (χ0v) is 30.7. The Labute approximate surface area is 312 Å². The lowest BCUT2D eigenvalue weighted by Gasteiger charge is -2.44. The number of ether oxygens (including phenoxy) is 5. The standard InChI is InChI=1S/C39H41Cl2N3O8/c1-48-32-10-5-4-9-28(32)37(39(46)52-36-23-43-15-13-25(36)14-16-43)42-20-24-7-6-8-27(17-24)38(45)51-34(19-29-30(40)21-44(47)22-31(29)41)26-11-12-33(49-2)35(18-26)50-3/h4-12,17-18,21-22,25,34,36-37,42H,13-16,19-20,23H2,1-3H3/t34?,36-,37?/m0/s1. The predicted molar refractivity (Wildman–Crippen MR) is 195 cm³/mol. The number of benzene rings is 3. The highest BCUT2D eigenvalue weighted by Gasteiger charge is 2.38. The number of nitrogens with one attached hydrogen (secondary N) is 1. The van der Waals surface area contributed by atoms with Crippen LogP contribution in [0, 0.1) is 11.1 Å². The number of fused-ring (bicyclic) bond motifs is 3. The molecule has 0 aliphatic carbocycles. The Morgan fingerprint density at radius 2 is 1.62 bits per heavy atom. The molecule has 0 amide bonds. The Kier molecular flexibility index (Phi) is 12.1. The number of halogens is 2. The molecule has 274 valence electrons. The lowest BCUT2D eigenvalue weighted by Crippen LogP contribution is -2.52. The van der Waals surface area contributed by atoms with Gasteiger partial charge in [-0.15, -0.1) is 0 Å². The molecule has 7 rings (SSSR count). The van der Waals surface area contributed by atoms with Crippen molar-refractivity contribution >= 4 is 35.1 Å². The van der Waals surface area contributed by atoms with E-state index in [1.165, 1.54) is 26.6 Å². The summed E-state index contributed by atoms with van der Waals surface area (Å²) in [5, 5.41) is 15.6. The van der Waals surface area contributed by atoms with Crippen molar-refractivity contribution in [1.82, 2.24) is 10.2 Å². The lowest BCUT2D eigenvalue weighted by atomic mass is 9.86. The maximum absolute atomic E-state index is 13.8. The van der Waals surface area contributed by atoms with E-state index in [0.29, 0.717) is 44.6 Å². The monoisotopic (exact) mass is 749 g/mol. The van der Waals surface area contributed by atoms with Crippen molar-refractivity contribution in [3.8, 4) is 17.2 Å². The molecule has 4 aromatic rings. The Hall–Kier alpha value is -4.55. The molecule has 0 radical (unpaired) electrons. The summed E-state index contributed by atoms with van der Waals surface area (Å²) >= 11 is 12.8. The molecule has 4 heterocycles. The fourth-order valence-electron chi connectivity index (χ4n) is 6.90. The van der Waals surface area contributed by atoms with Gasteiger partial charge in [0.25, 0.3) is 0 Å². The van der Waals surface area contributed by atoms with Crippen LogP contribution in [-0.2, 0) is 27.2 Å². The Bertz CT molecular complexity index is 1880. The largest absolute Gasteiger partial charge is 0.619 e. The maximum Gasteiger partial charge on any atom is 0.338 e. The van der Waals surface area contributed by atoms with Gasteiger partial charge in [-0.05, 0) is 73.3 Å². The SMILES string of the molecule is COc1ccc(C(Cc2c(Cl)c[n+]([O-])cc2Cl)OC(=O)c2cccc(CNC(C(=O)O[C@H]3CN4CCC3CC4)c3ccccc3OC)c2)cc1OC. The summed E-state index contributed by atoms with van der Waals surface area (Å²) in [7, 11) is 4.60. The Balaban J connectivity index is 1.22. The summed E-state index contributed by atoms with van der Waals surface area (Å²) in [6.07, 6.45) is 3.46. The van der Waals surface area contributed by atoms with Crippen LogP contribution in [0.15, 0.2) is 79.1 Å². The van der Waals surface area contributed by atoms with Crippen LogP contribution in [0.3, 0.4) is 0 Å². The van der Waals surface area contributed by atoms with Crippen molar-refractivity contribution in [2.75, 3.05) is 41.0 Å². The molecule has 3 atom stereocenters. The smallest absolute Gasteiger partial charge is 0.338 e. The fourth-order valence-corrected chi connectivity index (χ4v) is 7.50. The van der Waals surface area contributed by atoms with Crippen molar-refractivity contribution in [2.24, 2.45) is 5.92 Å². The summed E-state index contributed by atoms with van der Waals surface area (Å²) < 4.78 is 29.3. The zero-order chi connectivity index (χ0) is 36.8. The number of pyridine rings is 1. The van der Waals surface area contributed by atoms with Crippen LogP contribution >= 0.6 is 23.2 Å². The minimum absolute atomic E-state index is 0.0727. The molecule has 3 aliphatic heterocycles. The van der Waals surface area contributed by atoms with Gasteiger partial charge in [-0.25, -0.2) is 9.59 Å². The summed E-state index contributed by atoms with van der Waals surface area (Å²) in [4.78, 5) is 30.0. The van der Waals surface area contributed by atoms with Crippen molar-refractivity contribution in [1.29, 1.82) is 0 Å². The first-order chi connectivity index (χ1) is 25.2. The molecule has 3 saturated heterocycles. The van der Waals surface area contributed by atoms with E-state index in [2.05, 4.69) is 10.2 Å². The van der Waals surface area contributed by atoms with Crippen LogP contribution in [0.25, 0.3) is 0 Å². The minimum Gasteiger partial charge on any atom is -0.619 e. The van der Waals surface area contributed by atoms with E-state index < -0.39 is 18.1 Å². The average Bonchev–Trinajstić information content (AvgIpc) is 3.16. The van der Waals surface area contributed by atoms with E-state index in [9.17, 15) is 14.8 Å². The number of para-hydroxylation sites is 1. The number of esters is 2. The molecule has 1 N–H and O–H groups in total. The first-order valence-corrected chi connectivity index (χ1v) is 17.8. The molecule has 13 heteroatoms. The van der Waals surface area contributed by atoms with Gasteiger partial charge in [0.2, 0.25) is 0 Å². The highest BCUT2D eigenvalue weighted by atomic mass is 35.5. The van der Waals surface area contributed by atoms with Gasteiger partial charge in [0, 0.05) is 30.6 Å². The number of carbonyl (C=O) groups excluding carboxylic acids is 2. The van der Waals surface area contributed by atoms with Crippen LogP contribution in [0.1, 0.15) is 57.6 Å². The molecule has 11 nitrogen and oxygen atoms in total. The summed E-state index contributed by atoms with van der Waals surface area (Å²) in [6.45, 7) is 3.05. The Morgan fingerprint density at radius 1 is 0.904 bits per heavy atom. The Morgan fingerprint density at radius 3 is 2.29 bits per heavy atom. The van der Waals surface area contributed by atoms with Crippen LogP contribution in [0.4, 0.5) is 0 Å². The summed E-state index contributed by atoms with van der Waals surface area (Å²) in [5.74, 6) is 0.874. The average molecular weight is 751 g/mol. The van der Waals surface area contributed by atoms with E-state index in [1.54, 1.807) is 43.5 Å². The highest BCUT2D eigenvalue weighted by Crippen LogP contribution is 2.36. The molecular weight excluding hydrogens is 709 g/mol. The minimum atomic E-state index is -0.873. The second kappa shape index (κ2) is 16.9. The number of methoxy groups -OCH3 is 3. The summed E-state index contributed by atoms with van der Waals surface area (Å²) in [6, 6.07) is 18.7. The molecule has 2 bridgehead atoms. The maximum atomic E-state index is 13.8. The number of hydrogen-bond donors (Lipinski definition) is 1. The van der Waals surface area contributed by atoms with E-state index >= 15 is 0 Å². The van der Waals surface area contributed by atoms with Gasteiger partial charge in [-0.1, -0.05) is 59.6 Å². The van der Waals surface area contributed by atoms with Crippen LogP contribution in [-0.4, -0.2) is 63.9 Å². The van der Waals surface area contributed by atoms with Gasteiger partial charge < -0.3 is 28.9 Å². The second-order valence-electron chi connectivity index (χ2n) is 12.9. The third kappa shape index (κ3) is 8.56. The van der Waals surface area contributed by atoms with Crippen molar-refractivity contribution in [3.63, 3.8) is 0 Å². The van der Waals surface area contributed by atoms with Crippen molar-refractivity contribution in [2.45, 2.75) is 44.1 Å². The number of carbonyl (C=O) groups is 2. The molecule has 3 aliphatic rings. The van der Waals surface area contributed by atoms with Crippen LogP contribution in [0.5, 0.6) is 17.2 Å². The molecule has 3 aromatic carbocycles. The number of hydrogen-bond acceptors (Lipinski definition) is 10. The van der Waals surface area contributed by atoms with Gasteiger partial charge in [0.15, 0.2) is 23.9 Å².